The zero-order valence-corrected chi connectivity index (χ0v) is 15.9. The normalized spacial score (nSPS) is 11.8. The summed E-state index contributed by atoms with van der Waals surface area (Å²) >= 11 is 3.46. The molecule has 0 fully saturated rings. The van der Waals surface area contributed by atoms with E-state index in [9.17, 15) is 8.42 Å². The van der Waals surface area contributed by atoms with E-state index in [1.165, 1.54) is 0 Å². The van der Waals surface area contributed by atoms with Crippen molar-refractivity contribution in [2.75, 3.05) is 4.72 Å². The van der Waals surface area contributed by atoms with E-state index in [1.54, 1.807) is 18.2 Å². The first-order chi connectivity index (χ1) is 11.4. The summed E-state index contributed by atoms with van der Waals surface area (Å²) in [7, 11) is -3.68. The number of nitrogens with one attached hydrogen (secondary N) is 1. The van der Waals surface area contributed by atoms with Gasteiger partial charge in [0.1, 0.15) is 0 Å². The van der Waals surface area contributed by atoms with Crippen LogP contribution >= 0.6 is 15.9 Å². The molecular weight excluding hydrogens is 386 g/mol. The summed E-state index contributed by atoms with van der Waals surface area (Å²) in [5, 5.41) is 1.61. The monoisotopic (exact) mass is 403 g/mol. The van der Waals surface area contributed by atoms with Gasteiger partial charge in [-0.25, -0.2) is 8.42 Å². The fraction of sp³-hybridized carbons (Fsp3) is 0.158. The number of halogens is 1. The van der Waals surface area contributed by atoms with Crippen molar-refractivity contribution in [3.8, 4) is 0 Å². The molecule has 24 heavy (non-hydrogen) atoms. The molecule has 0 amide bonds. The SMILES string of the molecule is CC(C)c1ccc(NS(=O)(=O)c2cccc3ccccc23)c(Br)c1. The number of fused-ring (bicyclic) bond motifs is 1. The van der Waals surface area contributed by atoms with Crippen LogP contribution in [-0.4, -0.2) is 8.42 Å². The van der Waals surface area contributed by atoms with Gasteiger partial charge < -0.3 is 0 Å². The Morgan fingerprint density at radius 1 is 0.958 bits per heavy atom. The van der Waals surface area contributed by atoms with Crippen molar-refractivity contribution < 1.29 is 8.42 Å². The van der Waals surface area contributed by atoms with Gasteiger partial charge in [0.05, 0.1) is 10.6 Å². The summed E-state index contributed by atoms with van der Waals surface area (Å²) in [6.45, 7) is 4.20. The lowest BCUT2D eigenvalue weighted by atomic mass is 10.0. The third-order valence-corrected chi connectivity index (χ3v) is 6.02. The molecule has 0 saturated carbocycles. The molecule has 3 aromatic rings. The van der Waals surface area contributed by atoms with Crippen LogP contribution < -0.4 is 4.72 Å². The number of hydrogen-bond acceptors (Lipinski definition) is 2. The van der Waals surface area contributed by atoms with Gasteiger partial charge in [-0.3, -0.25) is 4.72 Å². The van der Waals surface area contributed by atoms with Crippen molar-refractivity contribution in [2.24, 2.45) is 0 Å². The molecule has 0 aliphatic heterocycles. The van der Waals surface area contributed by atoms with Crippen LogP contribution in [0, 0.1) is 0 Å². The molecule has 1 N–H and O–H groups in total. The van der Waals surface area contributed by atoms with Gasteiger partial charge in [-0.15, -0.1) is 0 Å². The Kier molecular flexibility index (Phi) is 4.65. The molecule has 0 spiro atoms. The highest BCUT2D eigenvalue weighted by molar-refractivity contribution is 9.10. The second-order valence-electron chi connectivity index (χ2n) is 5.98. The van der Waals surface area contributed by atoms with E-state index in [0.29, 0.717) is 17.0 Å². The van der Waals surface area contributed by atoms with Crippen molar-refractivity contribution in [2.45, 2.75) is 24.7 Å². The lowest BCUT2D eigenvalue weighted by Gasteiger charge is -2.13. The van der Waals surface area contributed by atoms with Crippen molar-refractivity contribution in [1.29, 1.82) is 0 Å². The topological polar surface area (TPSA) is 46.2 Å². The molecule has 3 rings (SSSR count). The second kappa shape index (κ2) is 6.57. The Labute approximate surface area is 150 Å². The fourth-order valence-electron chi connectivity index (χ4n) is 2.60. The highest BCUT2D eigenvalue weighted by atomic mass is 79.9. The Hall–Kier alpha value is -1.85. The summed E-state index contributed by atoms with van der Waals surface area (Å²) < 4.78 is 29.1. The minimum atomic E-state index is -3.68. The van der Waals surface area contributed by atoms with Gasteiger partial charge in [0, 0.05) is 9.86 Å². The van der Waals surface area contributed by atoms with Crippen LogP contribution in [0.5, 0.6) is 0 Å². The summed E-state index contributed by atoms with van der Waals surface area (Å²) in [6, 6.07) is 18.4. The maximum atomic E-state index is 12.9. The smallest absolute Gasteiger partial charge is 0.262 e. The molecular formula is C19H18BrNO2S. The number of benzene rings is 3. The van der Waals surface area contributed by atoms with E-state index in [0.717, 1.165) is 15.4 Å². The molecule has 0 atom stereocenters. The first kappa shape index (κ1) is 17.0. The summed E-state index contributed by atoms with van der Waals surface area (Å²) in [5.41, 5.74) is 1.68. The Morgan fingerprint density at radius 3 is 2.38 bits per heavy atom. The van der Waals surface area contributed by atoms with Gasteiger partial charge in [-0.2, -0.15) is 0 Å². The van der Waals surface area contributed by atoms with Crippen LogP contribution in [0.4, 0.5) is 5.69 Å². The van der Waals surface area contributed by atoms with Gasteiger partial charge >= 0.3 is 0 Å². The third-order valence-electron chi connectivity index (χ3n) is 3.94. The molecule has 3 aromatic carbocycles. The summed E-state index contributed by atoms with van der Waals surface area (Å²) in [4.78, 5) is 0.278. The molecule has 0 aliphatic rings. The molecule has 0 unspecified atom stereocenters. The molecule has 0 saturated heterocycles. The largest absolute Gasteiger partial charge is 0.278 e. The van der Waals surface area contributed by atoms with Crippen LogP contribution in [-0.2, 0) is 10.0 Å². The number of anilines is 1. The van der Waals surface area contributed by atoms with Gasteiger partial charge in [0.25, 0.3) is 10.0 Å². The maximum absolute atomic E-state index is 12.9. The summed E-state index contributed by atoms with van der Waals surface area (Å²) in [5.74, 6) is 0.380. The van der Waals surface area contributed by atoms with E-state index < -0.39 is 10.0 Å². The lowest BCUT2D eigenvalue weighted by Crippen LogP contribution is -2.14. The Balaban J connectivity index is 2.03. The molecule has 0 aromatic heterocycles. The predicted molar refractivity (Wildman–Crippen MR) is 103 cm³/mol. The molecule has 0 heterocycles. The molecule has 0 radical (unpaired) electrons. The van der Waals surface area contributed by atoms with Crippen molar-refractivity contribution in [1.82, 2.24) is 0 Å². The van der Waals surface area contributed by atoms with E-state index in [-0.39, 0.29) is 4.90 Å². The standard InChI is InChI=1S/C19H18BrNO2S/c1-13(2)15-10-11-18(17(20)12-15)21-24(22,23)19-9-5-7-14-6-3-4-8-16(14)19/h3-13,21H,1-2H3. The lowest BCUT2D eigenvalue weighted by molar-refractivity contribution is 0.602. The van der Waals surface area contributed by atoms with Crippen molar-refractivity contribution >= 4 is 42.4 Å². The highest BCUT2D eigenvalue weighted by Crippen LogP contribution is 2.30. The highest BCUT2D eigenvalue weighted by Gasteiger charge is 2.18. The molecule has 0 aliphatic carbocycles. The molecule has 124 valence electrons. The van der Waals surface area contributed by atoms with Gasteiger partial charge in [-0.1, -0.05) is 56.3 Å². The van der Waals surface area contributed by atoms with Crippen LogP contribution in [0.2, 0.25) is 0 Å². The number of sulfonamides is 1. The van der Waals surface area contributed by atoms with Crippen LogP contribution in [0.25, 0.3) is 10.8 Å². The molecule has 0 bridgehead atoms. The van der Waals surface area contributed by atoms with E-state index in [1.807, 2.05) is 42.5 Å². The van der Waals surface area contributed by atoms with E-state index in [4.69, 9.17) is 0 Å². The molecule has 3 nitrogen and oxygen atoms in total. The Bertz CT molecular complexity index is 992. The Morgan fingerprint density at radius 2 is 1.67 bits per heavy atom. The third kappa shape index (κ3) is 3.32. The van der Waals surface area contributed by atoms with Gasteiger partial charge in [0.15, 0.2) is 0 Å². The minimum Gasteiger partial charge on any atom is -0.278 e. The van der Waals surface area contributed by atoms with E-state index in [2.05, 4.69) is 34.5 Å². The van der Waals surface area contributed by atoms with Crippen LogP contribution in [0.15, 0.2) is 70.0 Å². The first-order valence-electron chi connectivity index (χ1n) is 7.68. The average molecular weight is 404 g/mol. The van der Waals surface area contributed by atoms with Crippen LogP contribution in [0.3, 0.4) is 0 Å². The quantitative estimate of drug-likeness (QED) is 0.622. The van der Waals surface area contributed by atoms with Crippen molar-refractivity contribution in [3.05, 3.63) is 70.7 Å². The first-order valence-corrected chi connectivity index (χ1v) is 9.96. The number of hydrogen-bond donors (Lipinski definition) is 1. The molecule has 5 heteroatoms. The summed E-state index contributed by atoms with van der Waals surface area (Å²) in [6.07, 6.45) is 0. The zero-order valence-electron chi connectivity index (χ0n) is 13.5. The van der Waals surface area contributed by atoms with Gasteiger partial charge in [-0.05, 0) is 51.0 Å². The fourth-order valence-corrected chi connectivity index (χ4v) is 4.54. The maximum Gasteiger partial charge on any atom is 0.262 e. The minimum absolute atomic E-state index is 0.278. The van der Waals surface area contributed by atoms with Gasteiger partial charge in [0.2, 0.25) is 0 Å². The zero-order chi connectivity index (χ0) is 17.3. The van der Waals surface area contributed by atoms with Crippen LogP contribution in [0.1, 0.15) is 25.3 Å². The van der Waals surface area contributed by atoms with Crippen molar-refractivity contribution in [3.63, 3.8) is 0 Å². The second-order valence-corrected chi connectivity index (χ2v) is 8.48. The average Bonchev–Trinajstić information content (AvgIpc) is 2.56. The number of rotatable bonds is 4. The predicted octanol–water partition coefficient (Wildman–Crippen LogP) is 5.53. The van der Waals surface area contributed by atoms with E-state index >= 15 is 0 Å².